The van der Waals surface area contributed by atoms with Crippen molar-refractivity contribution in [2.24, 2.45) is 5.14 Å². The van der Waals surface area contributed by atoms with E-state index in [0.29, 0.717) is 23.6 Å². The third-order valence-electron chi connectivity index (χ3n) is 5.22. The van der Waals surface area contributed by atoms with Gasteiger partial charge in [-0.25, -0.2) is 27.0 Å². The molecule has 2 heterocycles. The Balaban J connectivity index is 1.80. The fraction of sp³-hybridized carbons (Fsp3) is 0.556. The van der Waals surface area contributed by atoms with E-state index in [2.05, 4.69) is 11.9 Å². The van der Waals surface area contributed by atoms with Crippen molar-refractivity contribution in [3.8, 4) is 0 Å². The topological polar surface area (TPSA) is 132 Å². The number of nitrogens with zero attached hydrogens (tertiary/aromatic N) is 3. The highest BCUT2D eigenvalue weighted by Gasteiger charge is 2.32. The van der Waals surface area contributed by atoms with E-state index in [1.807, 2.05) is 4.57 Å². The molecule has 12 heteroatoms. The van der Waals surface area contributed by atoms with Crippen LogP contribution in [0.5, 0.6) is 0 Å². The lowest BCUT2D eigenvalue weighted by Crippen LogP contribution is -2.38. The summed E-state index contributed by atoms with van der Waals surface area (Å²) in [4.78, 5) is 18.6. The lowest BCUT2D eigenvalue weighted by molar-refractivity contribution is -0.128. The molecule has 1 atom stereocenters. The third-order valence-corrected chi connectivity index (χ3v) is 8.85. The fourth-order valence-corrected chi connectivity index (χ4v) is 6.69. The van der Waals surface area contributed by atoms with Gasteiger partial charge in [0.15, 0.2) is 15.0 Å². The number of aryl methyl sites for hydroxylation is 1. The van der Waals surface area contributed by atoms with E-state index in [1.54, 1.807) is 13.1 Å². The van der Waals surface area contributed by atoms with Crippen LogP contribution in [0.4, 0.5) is 0 Å². The van der Waals surface area contributed by atoms with Crippen LogP contribution < -0.4 is 5.14 Å². The lowest BCUT2D eigenvalue weighted by Gasteiger charge is -2.23. The van der Waals surface area contributed by atoms with Gasteiger partial charge in [0.1, 0.15) is 0 Å². The second-order valence-electron chi connectivity index (χ2n) is 7.45. The van der Waals surface area contributed by atoms with Crippen molar-refractivity contribution in [1.82, 2.24) is 14.5 Å². The van der Waals surface area contributed by atoms with E-state index in [0.717, 1.165) is 18.4 Å². The number of fused-ring (bicyclic) bond motifs is 1. The number of hydrogen-bond donors (Lipinski definition) is 1. The molecular formula is C18H26N4O5S3. The number of carbonyl (C=O) groups is 1. The first kappa shape index (κ1) is 23.0. The Morgan fingerprint density at radius 2 is 2.13 bits per heavy atom. The van der Waals surface area contributed by atoms with Gasteiger partial charge < -0.3 is 9.47 Å². The second kappa shape index (κ2) is 8.85. The van der Waals surface area contributed by atoms with Crippen LogP contribution in [0.3, 0.4) is 0 Å². The zero-order valence-corrected chi connectivity index (χ0v) is 19.4. The minimum absolute atomic E-state index is 0.00522. The SMILES string of the molecule is CCCCn1c(SCC(=O)N(C)[C@@H]2CCS(=O)(=O)C2)nc2cc(S(N)(=O)=O)ccc21. The molecule has 0 aliphatic carbocycles. The van der Waals surface area contributed by atoms with Crippen LogP contribution in [0.2, 0.25) is 0 Å². The van der Waals surface area contributed by atoms with Crippen LogP contribution in [0.15, 0.2) is 28.3 Å². The second-order valence-corrected chi connectivity index (χ2v) is 12.2. The average molecular weight is 475 g/mol. The van der Waals surface area contributed by atoms with Gasteiger partial charge in [-0.05, 0) is 31.0 Å². The molecule has 9 nitrogen and oxygen atoms in total. The molecule has 1 fully saturated rings. The zero-order chi connectivity index (χ0) is 22.1. The molecule has 2 aromatic rings. The van der Waals surface area contributed by atoms with E-state index in [4.69, 9.17) is 5.14 Å². The molecule has 0 unspecified atom stereocenters. The summed E-state index contributed by atoms with van der Waals surface area (Å²) in [5.41, 5.74) is 1.28. The van der Waals surface area contributed by atoms with Gasteiger partial charge in [-0.3, -0.25) is 4.79 Å². The van der Waals surface area contributed by atoms with Crippen molar-refractivity contribution in [2.75, 3.05) is 24.3 Å². The molecule has 3 rings (SSSR count). The van der Waals surface area contributed by atoms with Crippen molar-refractivity contribution >= 4 is 48.6 Å². The van der Waals surface area contributed by atoms with Gasteiger partial charge in [0, 0.05) is 19.6 Å². The number of sulfone groups is 1. The predicted molar refractivity (Wildman–Crippen MR) is 117 cm³/mol. The summed E-state index contributed by atoms with van der Waals surface area (Å²) in [6.07, 6.45) is 2.33. The molecule has 0 bridgehead atoms. The number of amides is 1. The number of thioether (sulfide) groups is 1. The molecule has 0 saturated carbocycles. The van der Waals surface area contributed by atoms with Gasteiger partial charge in [-0.2, -0.15) is 0 Å². The van der Waals surface area contributed by atoms with Crippen LogP contribution in [-0.2, 0) is 31.2 Å². The largest absolute Gasteiger partial charge is 0.341 e. The number of unbranched alkanes of at least 4 members (excludes halogenated alkanes) is 1. The van der Waals surface area contributed by atoms with Crippen molar-refractivity contribution in [2.45, 2.75) is 48.8 Å². The zero-order valence-electron chi connectivity index (χ0n) is 16.9. The van der Waals surface area contributed by atoms with Gasteiger partial charge >= 0.3 is 0 Å². The standard InChI is InChI=1S/C18H26N4O5S3/c1-3-4-8-22-16-6-5-14(30(19,26)27)10-15(16)20-18(22)28-11-17(23)21(2)13-7-9-29(24,25)12-13/h5-6,10,13H,3-4,7-9,11-12H2,1-2H3,(H2,19,26,27)/t13-/m1/s1. The van der Waals surface area contributed by atoms with Gasteiger partial charge in [-0.1, -0.05) is 25.1 Å². The van der Waals surface area contributed by atoms with Crippen LogP contribution in [0.1, 0.15) is 26.2 Å². The van der Waals surface area contributed by atoms with Crippen LogP contribution in [-0.4, -0.2) is 67.5 Å². The molecule has 1 amide bonds. The summed E-state index contributed by atoms with van der Waals surface area (Å²) < 4.78 is 48.6. The molecule has 166 valence electrons. The number of carbonyl (C=O) groups excluding carboxylic acids is 1. The molecule has 1 aromatic carbocycles. The van der Waals surface area contributed by atoms with Crippen LogP contribution in [0, 0.1) is 0 Å². The normalized spacial score (nSPS) is 18.7. The lowest BCUT2D eigenvalue weighted by atomic mass is 10.2. The first-order valence-electron chi connectivity index (χ1n) is 9.64. The predicted octanol–water partition coefficient (Wildman–Crippen LogP) is 1.22. The maximum Gasteiger partial charge on any atom is 0.238 e. The summed E-state index contributed by atoms with van der Waals surface area (Å²) in [7, 11) is -5.27. The quantitative estimate of drug-likeness (QED) is 0.569. The number of nitrogens with two attached hydrogens (primary N) is 1. The molecule has 0 spiro atoms. The first-order valence-corrected chi connectivity index (χ1v) is 14.0. The highest BCUT2D eigenvalue weighted by molar-refractivity contribution is 7.99. The number of primary sulfonamides is 1. The van der Waals surface area contributed by atoms with E-state index >= 15 is 0 Å². The molecule has 30 heavy (non-hydrogen) atoms. The molecule has 1 aromatic heterocycles. The smallest absolute Gasteiger partial charge is 0.238 e. The molecule has 1 aliphatic rings. The maximum atomic E-state index is 12.6. The maximum absolute atomic E-state index is 12.6. The minimum Gasteiger partial charge on any atom is -0.341 e. The number of aromatic nitrogens is 2. The van der Waals surface area contributed by atoms with Gasteiger partial charge in [0.25, 0.3) is 0 Å². The Morgan fingerprint density at radius 3 is 2.73 bits per heavy atom. The average Bonchev–Trinajstić information content (AvgIpc) is 3.21. The molecule has 2 N–H and O–H groups in total. The van der Waals surface area contributed by atoms with E-state index in [9.17, 15) is 21.6 Å². The monoisotopic (exact) mass is 474 g/mol. The molecule has 1 saturated heterocycles. The highest BCUT2D eigenvalue weighted by atomic mass is 32.2. The Bertz CT molecular complexity index is 1160. The molecular weight excluding hydrogens is 448 g/mol. The van der Waals surface area contributed by atoms with Gasteiger partial charge in [0.05, 0.1) is 33.2 Å². The summed E-state index contributed by atoms with van der Waals surface area (Å²) in [6, 6.07) is 4.28. The summed E-state index contributed by atoms with van der Waals surface area (Å²) in [5, 5.41) is 5.84. The fourth-order valence-electron chi connectivity index (χ4n) is 3.42. The van der Waals surface area contributed by atoms with E-state index < -0.39 is 19.9 Å². The molecule has 1 aliphatic heterocycles. The summed E-state index contributed by atoms with van der Waals surface area (Å²) in [5.74, 6) is 0.0682. The summed E-state index contributed by atoms with van der Waals surface area (Å²) >= 11 is 1.26. The van der Waals surface area contributed by atoms with Crippen molar-refractivity contribution in [3.63, 3.8) is 0 Å². The van der Waals surface area contributed by atoms with Gasteiger partial charge in [-0.15, -0.1) is 0 Å². The minimum atomic E-state index is -3.84. The number of sulfonamides is 1. The summed E-state index contributed by atoms with van der Waals surface area (Å²) in [6.45, 7) is 2.76. The van der Waals surface area contributed by atoms with Gasteiger partial charge in [0.2, 0.25) is 15.9 Å². The molecule has 0 radical (unpaired) electrons. The Labute approximate surface area is 181 Å². The van der Waals surface area contributed by atoms with Crippen LogP contribution >= 0.6 is 11.8 Å². The number of rotatable bonds is 8. The number of imidazole rings is 1. The highest BCUT2D eigenvalue weighted by Crippen LogP contribution is 2.27. The third kappa shape index (κ3) is 5.16. The Morgan fingerprint density at radius 1 is 1.40 bits per heavy atom. The van der Waals surface area contributed by atoms with E-state index in [1.165, 1.54) is 28.8 Å². The van der Waals surface area contributed by atoms with Crippen molar-refractivity contribution in [1.29, 1.82) is 0 Å². The first-order chi connectivity index (χ1) is 14.0. The van der Waals surface area contributed by atoms with Crippen LogP contribution in [0.25, 0.3) is 11.0 Å². The Hall–Kier alpha value is -1.63. The van der Waals surface area contributed by atoms with Crippen molar-refractivity contribution in [3.05, 3.63) is 18.2 Å². The number of benzene rings is 1. The van der Waals surface area contributed by atoms with E-state index in [-0.39, 0.29) is 34.1 Å². The number of hydrogen-bond acceptors (Lipinski definition) is 7. The van der Waals surface area contributed by atoms with Crippen molar-refractivity contribution < 1.29 is 21.6 Å². The Kier molecular flexibility index (Phi) is 6.80.